The van der Waals surface area contributed by atoms with E-state index in [1.54, 1.807) is 0 Å². The summed E-state index contributed by atoms with van der Waals surface area (Å²) in [5, 5.41) is 13.9. The predicted octanol–water partition coefficient (Wildman–Crippen LogP) is 0.974. The first kappa shape index (κ1) is 15.3. The summed E-state index contributed by atoms with van der Waals surface area (Å²) in [6.45, 7) is 6.21. The molecule has 0 unspecified atom stereocenters. The highest BCUT2D eigenvalue weighted by Crippen LogP contribution is 2.21. The van der Waals surface area contributed by atoms with Crippen LogP contribution >= 0.6 is 11.6 Å². The van der Waals surface area contributed by atoms with Crippen LogP contribution in [0.5, 0.6) is 0 Å². The molecule has 0 aliphatic carbocycles. The summed E-state index contributed by atoms with van der Waals surface area (Å²) in [7, 11) is 1.91. The lowest BCUT2D eigenvalue weighted by Gasteiger charge is -2.21. The van der Waals surface area contributed by atoms with E-state index in [0.717, 1.165) is 55.6 Å². The molecular weight excluding hydrogens is 280 g/mol. The quantitative estimate of drug-likeness (QED) is 0.898. The van der Waals surface area contributed by atoms with Crippen LogP contribution in [0.25, 0.3) is 0 Å². The molecule has 0 spiro atoms. The second kappa shape index (κ2) is 6.56. The molecule has 1 N–H and O–H groups in total. The molecule has 7 heteroatoms. The molecule has 20 heavy (non-hydrogen) atoms. The molecule has 0 bridgehead atoms. The Labute approximate surface area is 123 Å². The third kappa shape index (κ3) is 3.71. The van der Waals surface area contributed by atoms with Crippen molar-refractivity contribution in [3.8, 4) is 0 Å². The van der Waals surface area contributed by atoms with E-state index in [-0.39, 0.29) is 6.54 Å². The fourth-order valence-electron chi connectivity index (χ4n) is 2.60. The van der Waals surface area contributed by atoms with Crippen molar-refractivity contribution in [2.75, 3.05) is 32.7 Å². The molecule has 2 rings (SSSR count). The van der Waals surface area contributed by atoms with Gasteiger partial charge in [0.1, 0.15) is 0 Å². The van der Waals surface area contributed by atoms with E-state index < -0.39 is 5.97 Å². The maximum atomic E-state index is 10.8. The van der Waals surface area contributed by atoms with Crippen LogP contribution in [0.1, 0.15) is 17.8 Å². The summed E-state index contributed by atoms with van der Waals surface area (Å²) >= 11 is 6.27. The average molecular weight is 301 g/mol. The van der Waals surface area contributed by atoms with Crippen molar-refractivity contribution in [1.29, 1.82) is 0 Å². The van der Waals surface area contributed by atoms with Crippen LogP contribution in [0.4, 0.5) is 0 Å². The maximum absolute atomic E-state index is 10.8. The van der Waals surface area contributed by atoms with Gasteiger partial charge >= 0.3 is 5.97 Å². The second-order valence-electron chi connectivity index (χ2n) is 5.27. The van der Waals surface area contributed by atoms with Gasteiger partial charge in [-0.05, 0) is 19.9 Å². The standard InChI is InChI=1S/C13H21ClN4O2/c1-10-13(14)11(16(2)15-10)8-17-4-3-5-18(7-6-17)9-12(19)20/h3-9H2,1-2H3,(H,19,20). The molecule has 6 nitrogen and oxygen atoms in total. The number of carboxylic acid groups (broad SMARTS) is 1. The van der Waals surface area contributed by atoms with Gasteiger partial charge < -0.3 is 5.11 Å². The zero-order valence-electron chi connectivity index (χ0n) is 12.0. The number of aromatic nitrogens is 2. The molecule has 1 aromatic rings. The minimum atomic E-state index is -0.760. The van der Waals surface area contributed by atoms with Gasteiger partial charge in [0.15, 0.2) is 0 Å². The normalized spacial score (nSPS) is 18.1. The van der Waals surface area contributed by atoms with Crippen LogP contribution in [-0.4, -0.2) is 63.4 Å². The van der Waals surface area contributed by atoms with Gasteiger partial charge in [-0.25, -0.2) is 0 Å². The van der Waals surface area contributed by atoms with Crippen LogP contribution in [0.2, 0.25) is 5.02 Å². The molecule has 2 heterocycles. The Hall–Kier alpha value is -1.11. The molecule has 0 atom stereocenters. The Morgan fingerprint density at radius 2 is 1.95 bits per heavy atom. The summed E-state index contributed by atoms with van der Waals surface area (Å²) in [5.41, 5.74) is 1.88. The van der Waals surface area contributed by atoms with Gasteiger partial charge in [-0.2, -0.15) is 5.10 Å². The number of hydrogen-bond donors (Lipinski definition) is 1. The first-order valence-electron chi connectivity index (χ1n) is 6.82. The molecule has 0 aromatic carbocycles. The molecule has 1 aliphatic heterocycles. The van der Waals surface area contributed by atoms with Crippen molar-refractivity contribution in [2.45, 2.75) is 19.9 Å². The van der Waals surface area contributed by atoms with Gasteiger partial charge in [0.2, 0.25) is 0 Å². The molecule has 1 aliphatic rings. The van der Waals surface area contributed by atoms with Crippen LogP contribution < -0.4 is 0 Å². The number of aliphatic carboxylic acids is 1. The number of hydrogen-bond acceptors (Lipinski definition) is 4. The zero-order chi connectivity index (χ0) is 14.7. The third-order valence-corrected chi connectivity index (χ3v) is 4.17. The van der Waals surface area contributed by atoms with Crippen LogP contribution in [0.3, 0.4) is 0 Å². The number of carbonyl (C=O) groups is 1. The highest BCUT2D eigenvalue weighted by atomic mass is 35.5. The zero-order valence-corrected chi connectivity index (χ0v) is 12.7. The van der Waals surface area contributed by atoms with Crippen molar-refractivity contribution in [3.05, 3.63) is 16.4 Å². The Morgan fingerprint density at radius 1 is 1.30 bits per heavy atom. The number of rotatable bonds is 4. The highest BCUT2D eigenvalue weighted by molar-refractivity contribution is 6.31. The van der Waals surface area contributed by atoms with Gasteiger partial charge in [0, 0.05) is 33.2 Å². The van der Waals surface area contributed by atoms with Gasteiger partial charge in [0.25, 0.3) is 0 Å². The van der Waals surface area contributed by atoms with Crippen molar-refractivity contribution >= 4 is 17.6 Å². The lowest BCUT2D eigenvalue weighted by molar-refractivity contribution is -0.138. The predicted molar refractivity (Wildman–Crippen MR) is 76.9 cm³/mol. The van der Waals surface area contributed by atoms with Crippen LogP contribution in [0, 0.1) is 6.92 Å². The van der Waals surface area contributed by atoms with E-state index in [9.17, 15) is 4.79 Å². The molecular formula is C13H21ClN4O2. The van der Waals surface area contributed by atoms with E-state index in [1.807, 2.05) is 23.6 Å². The fraction of sp³-hybridized carbons (Fsp3) is 0.692. The lowest BCUT2D eigenvalue weighted by atomic mass is 10.3. The highest BCUT2D eigenvalue weighted by Gasteiger charge is 2.19. The van der Waals surface area contributed by atoms with Crippen molar-refractivity contribution in [2.24, 2.45) is 7.05 Å². The molecule has 0 radical (unpaired) electrons. The van der Waals surface area contributed by atoms with Gasteiger partial charge in [0.05, 0.1) is 23.0 Å². The number of nitrogens with zero attached hydrogens (tertiary/aromatic N) is 4. The van der Waals surface area contributed by atoms with E-state index in [2.05, 4.69) is 10.00 Å². The largest absolute Gasteiger partial charge is 0.480 e. The molecule has 1 fully saturated rings. The maximum Gasteiger partial charge on any atom is 0.317 e. The van der Waals surface area contributed by atoms with E-state index in [4.69, 9.17) is 16.7 Å². The van der Waals surface area contributed by atoms with Crippen LogP contribution in [-0.2, 0) is 18.4 Å². The topological polar surface area (TPSA) is 61.6 Å². The Bertz CT molecular complexity index is 489. The van der Waals surface area contributed by atoms with Crippen molar-refractivity contribution in [1.82, 2.24) is 19.6 Å². The summed E-state index contributed by atoms with van der Waals surface area (Å²) < 4.78 is 1.83. The molecule has 0 amide bonds. The van der Waals surface area contributed by atoms with Crippen molar-refractivity contribution < 1.29 is 9.90 Å². The Balaban J connectivity index is 1.95. The van der Waals surface area contributed by atoms with E-state index in [1.165, 1.54) is 0 Å². The first-order valence-corrected chi connectivity index (χ1v) is 7.19. The minimum absolute atomic E-state index is 0.124. The molecule has 1 aromatic heterocycles. The molecule has 0 saturated carbocycles. The minimum Gasteiger partial charge on any atom is -0.480 e. The molecule has 112 valence electrons. The molecule has 1 saturated heterocycles. The summed E-state index contributed by atoms with van der Waals surface area (Å²) in [6.07, 6.45) is 0.974. The summed E-state index contributed by atoms with van der Waals surface area (Å²) in [6, 6.07) is 0. The summed E-state index contributed by atoms with van der Waals surface area (Å²) in [5.74, 6) is -0.760. The smallest absolute Gasteiger partial charge is 0.317 e. The van der Waals surface area contributed by atoms with Crippen molar-refractivity contribution in [3.63, 3.8) is 0 Å². The van der Waals surface area contributed by atoms with Crippen LogP contribution in [0.15, 0.2) is 0 Å². The lowest BCUT2D eigenvalue weighted by Crippen LogP contribution is -2.34. The average Bonchev–Trinajstić information content (AvgIpc) is 2.57. The van der Waals surface area contributed by atoms with E-state index in [0.29, 0.717) is 0 Å². The number of carboxylic acids is 1. The Kier molecular flexibility index (Phi) is 5.01. The number of halogens is 1. The summed E-state index contributed by atoms with van der Waals surface area (Å²) in [4.78, 5) is 15.1. The fourth-order valence-corrected chi connectivity index (χ4v) is 2.82. The van der Waals surface area contributed by atoms with Gasteiger partial charge in [-0.3, -0.25) is 19.3 Å². The monoisotopic (exact) mass is 300 g/mol. The van der Waals surface area contributed by atoms with E-state index >= 15 is 0 Å². The van der Waals surface area contributed by atoms with Gasteiger partial charge in [-0.1, -0.05) is 11.6 Å². The second-order valence-corrected chi connectivity index (χ2v) is 5.65. The van der Waals surface area contributed by atoms with Gasteiger partial charge in [-0.15, -0.1) is 0 Å². The Morgan fingerprint density at radius 3 is 2.55 bits per heavy atom. The number of aryl methyl sites for hydroxylation is 2. The SMILES string of the molecule is Cc1nn(C)c(CN2CCCN(CC(=O)O)CC2)c1Cl. The third-order valence-electron chi connectivity index (χ3n) is 3.68. The first-order chi connectivity index (χ1) is 9.47.